The number of hydrogen-bond donors (Lipinski definition) is 2. The second-order valence-corrected chi connectivity index (χ2v) is 7.65. The molecule has 0 spiro atoms. The number of ether oxygens (including phenoxy) is 2. The molecule has 2 N–H and O–H groups in total. The molecule has 1 fully saturated rings. The van der Waals surface area contributed by atoms with Crippen LogP contribution in [0.5, 0.6) is 5.75 Å². The van der Waals surface area contributed by atoms with Gasteiger partial charge < -0.3 is 19.9 Å². The van der Waals surface area contributed by atoms with Gasteiger partial charge in [0.1, 0.15) is 5.75 Å². The van der Waals surface area contributed by atoms with Crippen LogP contribution in [0.1, 0.15) is 29.0 Å². The molecule has 1 aliphatic heterocycles. The smallest absolute Gasteiger partial charge is 0.141 e. The molecule has 1 saturated heterocycles. The van der Waals surface area contributed by atoms with E-state index in [1.165, 1.54) is 11.1 Å². The van der Waals surface area contributed by atoms with Gasteiger partial charge in [0.15, 0.2) is 0 Å². The first-order valence-electron chi connectivity index (χ1n) is 10.4. The molecule has 0 amide bonds. The van der Waals surface area contributed by atoms with Gasteiger partial charge in [-0.3, -0.25) is 4.98 Å². The first-order chi connectivity index (χ1) is 14.8. The molecule has 3 unspecified atom stereocenters. The Morgan fingerprint density at radius 3 is 2.33 bits per heavy atom. The number of hydrogen-bond acceptors (Lipinski definition) is 5. The Morgan fingerprint density at radius 2 is 1.73 bits per heavy atom. The monoisotopic (exact) mass is 404 g/mol. The molecule has 0 radical (unpaired) electrons. The van der Waals surface area contributed by atoms with Gasteiger partial charge >= 0.3 is 0 Å². The summed E-state index contributed by atoms with van der Waals surface area (Å²) in [7, 11) is 1.64. The molecular formula is C25H28N2O3. The van der Waals surface area contributed by atoms with Crippen molar-refractivity contribution in [2.75, 3.05) is 13.7 Å². The Morgan fingerprint density at radius 1 is 1.07 bits per heavy atom. The predicted octanol–water partition coefficient (Wildman–Crippen LogP) is 3.53. The highest BCUT2D eigenvalue weighted by atomic mass is 16.5. The van der Waals surface area contributed by atoms with Crippen molar-refractivity contribution in [2.24, 2.45) is 0 Å². The molecule has 3 aromatic rings. The fourth-order valence-corrected chi connectivity index (χ4v) is 4.16. The van der Waals surface area contributed by atoms with E-state index in [0.29, 0.717) is 19.6 Å². The fourth-order valence-electron chi connectivity index (χ4n) is 4.16. The van der Waals surface area contributed by atoms with Gasteiger partial charge in [-0.2, -0.15) is 0 Å². The largest absolute Gasteiger partial charge is 0.495 e. The predicted molar refractivity (Wildman–Crippen MR) is 117 cm³/mol. The van der Waals surface area contributed by atoms with E-state index in [4.69, 9.17) is 9.47 Å². The van der Waals surface area contributed by atoms with Gasteiger partial charge in [-0.05, 0) is 17.2 Å². The van der Waals surface area contributed by atoms with E-state index in [0.717, 1.165) is 11.3 Å². The standard InChI is InChI=1S/C25H28N2O3/c1-29-24-16-26-13-12-20(24)15-27-21-17-30-23(14-22(21)28)25(18-8-4-2-5-9-18)19-10-6-3-7-11-19/h2-13,16,21-23,25,27-28H,14-15,17H2,1H3. The van der Waals surface area contributed by atoms with E-state index in [1.807, 2.05) is 18.2 Å². The lowest BCUT2D eigenvalue weighted by Crippen LogP contribution is -2.50. The number of benzene rings is 2. The number of rotatable bonds is 7. The zero-order valence-corrected chi connectivity index (χ0v) is 17.1. The quantitative estimate of drug-likeness (QED) is 0.631. The van der Waals surface area contributed by atoms with Crippen LogP contribution < -0.4 is 10.1 Å². The van der Waals surface area contributed by atoms with E-state index in [9.17, 15) is 5.11 Å². The van der Waals surface area contributed by atoms with Crippen molar-refractivity contribution in [3.63, 3.8) is 0 Å². The first kappa shape index (κ1) is 20.5. The van der Waals surface area contributed by atoms with E-state index >= 15 is 0 Å². The van der Waals surface area contributed by atoms with Crippen molar-refractivity contribution < 1.29 is 14.6 Å². The molecule has 4 rings (SSSR count). The topological polar surface area (TPSA) is 63.6 Å². The van der Waals surface area contributed by atoms with Crippen molar-refractivity contribution >= 4 is 0 Å². The van der Waals surface area contributed by atoms with Crippen LogP contribution in [0.4, 0.5) is 0 Å². The van der Waals surface area contributed by atoms with Crippen molar-refractivity contribution in [1.82, 2.24) is 10.3 Å². The lowest BCUT2D eigenvalue weighted by molar-refractivity contribution is -0.0718. The van der Waals surface area contributed by atoms with Crippen molar-refractivity contribution in [3.8, 4) is 5.75 Å². The molecular weight excluding hydrogens is 376 g/mol. The minimum atomic E-state index is -0.494. The molecule has 5 heteroatoms. The summed E-state index contributed by atoms with van der Waals surface area (Å²) in [6, 6.07) is 22.6. The number of pyridine rings is 1. The van der Waals surface area contributed by atoms with Gasteiger partial charge in [-0.15, -0.1) is 0 Å². The molecule has 5 nitrogen and oxygen atoms in total. The third-order valence-electron chi connectivity index (χ3n) is 5.76. The van der Waals surface area contributed by atoms with E-state index < -0.39 is 6.10 Å². The Hall–Kier alpha value is -2.73. The second-order valence-electron chi connectivity index (χ2n) is 7.65. The zero-order valence-electron chi connectivity index (χ0n) is 17.1. The molecule has 2 aromatic carbocycles. The summed E-state index contributed by atoms with van der Waals surface area (Å²) in [5, 5.41) is 14.3. The summed E-state index contributed by atoms with van der Waals surface area (Å²) in [5.74, 6) is 0.825. The minimum Gasteiger partial charge on any atom is -0.495 e. The maximum Gasteiger partial charge on any atom is 0.141 e. The maximum absolute atomic E-state index is 10.9. The van der Waals surface area contributed by atoms with Gasteiger partial charge in [-0.25, -0.2) is 0 Å². The van der Waals surface area contributed by atoms with E-state index in [2.05, 4.69) is 58.8 Å². The van der Waals surface area contributed by atoms with E-state index in [1.54, 1.807) is 19.5 Å². The number of aliphatic hydroxyl groups excluding tert-OH is 1. The number of aromatic nitrogens is 1. The highest BCUT2D eigenvalue weighted by Crippen LogP contribution is 2.34. The van der Waals surface area contributed by atoms with Crippen molar-refractivity contribution in [2.45, 2.75) is 37.1 Å². The molecule has 30 heavy (non-hydrogen) atoms. The number of aliphatic hydroxyl groups is 1. The number of nitrogens with one attached hydrogen (secondary N) is 1. The average Bonchev–Trinajstić information content (AvgIpc) is 2.80. The van der Waals surface area contributed by atoms with Crippen LogP contribution >= 0.6 is 0 Å². The van der Waals surface area contributed by atoms with Crippen LogP contribution in [-0.4, -0.2) is 42.1 Å². The Kier molecular flexibility index (Phi) is 6.74. The zero-order chi connectivity index (χ0) is 20.8. The first-order valence-corrected chi connectivity index (χ1v) is 10.4. The van der Waals surface area contributed by atoms with E-state index in [-0.39, 0.29) is 18.1 Å². The highest BCUT2D eigenvalue weighted by molar-refractivity contribution is 5.34. The summed E-state index contributed by atoms with van der Waals surface area (Å²) >= 11 is 0. The molecule has 1 aromatic heterocycles. The number of methoxy groups -OCH3 is 1. The van der Waals surface area contributed by atoms with Gasteiger partial charge in [-0.1, -0.05) is 60.7 Å². The van der Waals surface area contributed by atoms with Crippen LogP contribution in [0, 0.1) is 0 Å². The Labute approximate surface area is 177 Å². The summed E-state index contributed by atoms with van der Waals surface area (Å²) in [4.78, 5) is 4.09. The summed E-state index contributed by atoms with van der Waals surface area (Å²) in [6.07, 6.45) is 3.43. The summed E-state index contributed by atoms with van der Waals surface area (Å²) < 4.78 is 11.7. The van der Waals surface area contributed by atoms with Crippen LogP contribution in [0.25, 0.3) is 0 Å². The van der Waals surface area contributed by atoms with Crippen LogP contribution in [-0.2, 0) is 11.3 Å². The SMILES string of the molecule is COc1cnccc1CNC1COC(C(c2ccccc2)c2ccccc2)CC1O. The molecule has 1 aliphatic rings. The average molecular weight is 405 g/mol. The Balaban J connectivity index is 1.45. The fraction of sp³-hybridized carbons (Fsp3) is 0.320. The third kappa shape index (κ3) is 4.70. The van der Waals surface area contributed by atoms with Crippen molar-refractivity contribution in [1.29, 1.82) is 0 Å². The number of nitrogens with zero attached hydrogens (tertiary/aromatic N) is 1. The molecule has 0 saturated carbocycles. The molecule has 0 aliphatic carbocycles. The molecule has 0 bridgehead atoms. The molecule has 2 heterocycles. The lowest BCUT2D eigenvalue weighted by Gasteiger charge is -2.38. The Bertz CT molecular complexity index is 880. The van der Waals surface area contributed by atoms with Gasteiger partial charge in [0.25, 0.3) is 0 Å². The summed E-state index contributed by atoms with van der Waals surface area (Å²) in [5.41, 5.74) is 3.41. The molecule has 156 valence electrons. The maximum atomic E-state index is 10.9. The third-order valence-corrected chi connectivity index (χ3v) is 5.76. The lowest BCUT2D eigenvalue weighted by atomic mass is 9.82. The van der Waals surface area contributed by atoms with Crippen LogP contribution in [0.15, 0.2) is 79.1 Å². The van der Waals surface area contributed by atoms with Gasteiger partial charge in [0, 0.05) is 30.6 Å². The normalized spacial score (nSPS) is 21.5. The van der Waals surface area contributed by atoms with Crippen molar-refractivity contribution in [3.05, 3.63) is 95.8 Å². The highest BCUT2D eigenvalue weighted by Gasteiger charge is 2.35. The summed E-state index contributed by atoms with van der Waals surface area (Å²) in [6.45, 7) is 1.04. The minimum absolute atomic E-state index is 0.0849. The molecule has 3 atom stereocenters. The van der Waals surface area contributed by atoms with Crippen LogP contribution in [0.2, 0.25) is 0 Å². The second kappa shape index (κ2) is 9.85. The van der Waals surface area contributed by atoms with Crippen LogP contribution in [0.3, 0.4) is 0 Å². The van der Waals surface area contributed by atoms with Gasteiger partial charge in [0.05, 0.1) is 38.2 Å². The van der Waals surface area contributed by atoms with Gasteiger partial charge in [0.2, 0.25) is 0 Å².